The fourth-order valence-corrected chi connectivity index (χ4v) is 2.33. The van der Waals surface area contributed by atoms with Gasteiger partial charge >= 0.3 is 0 Å². The lowest BCUT2D eigenvalue weighted by Gasteiger charge is -2.24. The monoisotopic (exact) mass is 250 g/mol. The van der Waals surface area contributed by atoms with E-state index in [1.807, 2.05) is 0 Å². The van der Waals surface area contributed by atoms with Crippen LogP contribution in [-0.2, 0) is 0 Å². The van der Waals surface area contributed by atoms with Crippen LogP contribution >= 0.6 is 0 Å². The van der Waals surface area contributed by atoms with E-state index in [2.05, 4.69) is 0 Å². The van der Waals surface area contributed by atoms with Crippen molar-refractivity contribution in [1.82, 2.24) is 4.90 Å². The molecule has 0 unspecified atom stereocenters. The van der Waals surface area contributed by atoms with Crippen LogP contribution in [0.1, 0.15) is 23.2 Å². The molecule has 1 saturated heterocycles. The first-order valence-corrected chi connectivity index (χ1v) is 6.02. The number of likely N-dealkylation sites (tertiary alicyclic amines) is 1. The fourth-order valence-electron chi connectivity index (χ4n) is 2.33. The lowest BCUT2D eigenvalue weighted by atomic mass is 10.1. The van der Waals surface area contributed by atoms with E-state index in [0.717, 1.165) is 12.8 Å². The van der Waals surface area contributed by atoms with Crippen molar-refractivity contribution in [3.63, 3.8) is 0 Å². The number of nitrogen functional groups attached to an aromatic ring is 1. The highest BCUT2D eigenvalue weighted by Gasteiger charge is 2.30. The van der Waals surface area contributed by atoms with Crippen LogP contribution in [0.5, 0.6) is 5.75 Å². The molecule has 98 valence electrons. The predicted molar refractivity (Wildman–Crippen MR) is 68.6 cm³/mol. The molecule has 1 amide bonds. The largest absolute Gasteiger partial charge is 0.496 e. The molecule has 0 saturated carbocycles. The summed E-state index contributed by atoms with van der Waals surface area (Å²) in [5.74, 6) is 0.368. The number of methoxy groups -OCH3 is 1. The van der Waals surface area contributed by atoms with Gasteiger partial charge in [0.25, 0.3) is 5.91 Å². The number of hydrogen-bond acceptors (Lipinski definition) is 4. The van der Waals surface area contributed by atoms with Gasteiger partial charge in [0.05, 0.1) is 25.3 Å². The third-order valence-electron chi connectivity index (χ3n) is 3.30. The van der Waals surface area contributed by atoms with E-state index >= 15 is 0 Å². The lowest BCUT2D eigenvalue weighted by molar-refractivity contribution is 0.0674. The van der Waals surface area contributed by atoms with Crippen molar-refractivity contribution in [3.8, 4) is 5.75 Å². The maximum absolute atomic E-state index is 12.4. The predicted octanol–water partition coefficient (Wildman–Crippen LogP) is 0.874. The molecule has 5 heteroatoms. The zero-order valence-corrected chi connectivity index (χ0v) is 10.4. The number of aliphatic hydroxyl groups is 1. The van der Waals surface area contributed by atoms with Gasteiger partial charge in [-0.3, -0.25) is 4.79 Å². The molecule has 0 aromatic heterocycles. The molecule has 1 aliphatic heterocycles. The number of nitrogens with two attached hydrogens (primary N) is 1. The molecule has 1 aromatic carbocycles. The van der Waals surface area contributed by atoms with Crippen molar-refractivity contribution in [2.24, 2.45) is 0 Å². The highest BCUT2D eigenvalue weighted by atomic mass is 16.5. The third-order valence-corrected chi connectivity index (χ3v) is 3.30. The summed E-state index contributed by atoms with van der Waals surface area (Å²) >= 11 is 0. The summed E-state index contributed by atoms with van der Waals surface area (Å²) in [4.78, 5) is 14.1. The average Bonchev–Trinajstić information content (AvgIpc) is 2.86. The third kappa shape index (κ3) is 2.26. The SMILES string of the molecule is COc1cc(N)ccc1C(=O)N1CCC[C@H]1CO. The van der Waals surface area contributed by atoms with Crippen LogP contribution in [0.15, 0.2) is 18.2 Å². The van der Waals surface area contributed by atoms with Crippen molar-refractivity contribution in [1.29, 1.82) is 0 Å². The van der Waals surface area contributed by atoms with Crippen LogP contribution in [0.25, 0.3) is 0 Å². The summed E-state index contributed by atoms with van der Waals surface area (Å²) in [5, 5.41) is 9.26. The minimum absolute atomic E-state index is 0.00300. The molecule has 1 aliphatic rings. The first-order valence-electron chi connectivity index (χ1n) is 6.02. The summed E-state index contributed by atoms with van der Waals surface area (Å²) < 4.78 is 5.19. The molecule has 1 atom stereocenters. The van der Waals surface area contributed by atoms with E-state index in [4.69, 9.17) is 10.5 Å². The summed E-state index contributed by atoms with van der Waals surface area (Å²) in [5.41, 5.74) is 6.72. The molecule has 1 heterocycles. The first kappa shape index (κ1) is 12.7. The molecule has 0 aliphatic carbocycles. The van der Waals surface area contributed by atoms with E-state index < -0.39 is 0 Å². The maximum Gasteiger partial charge on any atom is 0.257 e. The summed E-state index contributed by atoms with van der Waals surface area (Å²) in [6.07, 6.45) is 1.77. The summed E-state index contributed by atoms with van der Waals surface area (Å²) in [6, 6.07) is 4.90. The Morgan fingerprint density at radius 2 is 2.39 bits per heavy atom. The Labute approximate surface area is 106 Å². The van der Waals surface area contributed by atoms with Gasteiger partial charge in [-0.2, -0.15) is 0 Å². The topological polar surface area (TPSA) is 75.8 Å². The van der Waals surface area contributed by atoms with E-state index in [1.54, 1.807) is 23.1 Å². The molecule has 5 nitrogen and oxygen atoms in total. The number of carbonyl (C=O) groups excluding carboxylic acids is 1. The van der Waals surface area contributed by atoms with Gasteiger partial charge in [-0.15, -0.1) is 0 Å². The molecule has 1 aromatic rings. The van der Waals surface area contributed by atoms with Crippen molar-refractivity contribution in [2.75, 3.05) is 26.0 Å². The number of aliphatic hydroxyl groups excluding tert-OH is 1. The quantitative estimate of drug-likeness (QED) is 0.781. The van der Waals surface area contributed by atoms with Gasteiger partial charge in [0, 0.05) is 18.3 Å². The van der Waals surface area contributed by atoms with Crippen LogP contribution < -0.4 is 10.5 Å². The molecular weight excluding hydrogens is 232 g/mol. The van der Waals surface area contributed by atoms with Crippen molar-refractivity contribution >= 4 is 11.6 Å². The second kappa shape index (κ2) is 5.27. The lowest BCUT2D eigenvalue weighted by Crippen LogP contribution is -2.37. The minimum Gasteiger partial charge on any atom is -0.496 e. The second-order valence-electron chi connectivity index (χ2n) is 4.44. The van der Waals surface area contributed by atoms with Gasteiger partial charge in [-0.1, -0.05) is 0 Å². The highest BCUT2D eigenvalue weighted by molar-refractivity contribution is 5.97. The van der Waals surface area contributed by atoms with E-state index in [-0.39, 0.29) is 18.6 Å². The van der Waals surface area contributed by atoms with Crippen LogP contribution in [-0.4, -0.2) is 42.2 Å². The molecule has 0 spiro atoms. The molecule has 1 fully saturated rings. The Morgan fingerprint density at radius 3 is 3.06 bits per heavy atom. The standard InChI is InChI=1S/C13H18N2O3/c1-18-12-7-9(14)4-5-11(12)13(17)15-6-2-3-10(15)8-16/h4-5,7,10,16H,2-3,6,8,14H2,1H3/t10-/m0/s1. The molecule has 0 bridgehead atoms. The van der Waals surface area contributed by atoms with Gasteiger partial charge in [0.15, 0.2) is 0 Å². The number of rotatable bonds is 3. The van der Waals surface area contributed by atoms with Crippen LogP contribution in [0, 0.1) is 0 Å². The smallest absolute Gasteiger partial charge is 0.257 e. The number of nitrogens with zero attached hydrogens (tertiary/aromatic N) is 1. The minimum atomic E-state index is -0.108. The van der Waals surface area contributed by atoms with E-state index in [9.17, 15) is 9.90 Å². The Hall–Kier alpha value is -1.75. The molecular formula is C13H18N2O3. The number of ether oxygens (including phenoxy) is 1. The second-order valence-corrected chi connectivity index (χ2v) is 4.44. The average molecular weight is 250 g/mol. The van der Waals surface area contributed by atoms with Crippen LogP contribution in [0.3, 0.4) is 0 Å². The summed E-state index contributed by atoms with van der Waals surface area (Å²) in [6.45, 7) is 0.681. The zero-order valence-electron chi connectivity index (χ0n) is 10.4. The van der Waals surface area contributed by atoms with Gasteiger partial charge in [-0.05, 0) is 25.0 Å². The molecule has 2 rings (SSSR count). The Bertz CT molecular complexity index is 448. The zero-order chi connectivity index (χ0) is 13.1. The number of anilines is 1. The van der Waals surface area contributed by atoms with Gasteiger partial charge < -0.3 is 20.5 Å². The maximum atomic E-state index is 12.4. The van der Waals surface area contributed by atoms with E-state index in [1.165, 1.54) is 7.11 Å². The van der Waals surface area contributed by atoms with Gasteiger partial charge in [-0.25, -0.2) is 0 Å². The Kier molecular flexibility index (Phi) is 3.72. The van der Waals surface area contributed by atoms with Crippen molar-refractivity contribution in [3.05, 3.63) is 23.8 Å². The van der Waals surface area contributed by atoms with Crippen LogP contribution in [0.2, 0.25) is 0 Å². The Morgan fingerprint density at radius 1 is 1.61 bits per heavy atom. The normalized spacial score (nSPS) is 19.0. The number of benzene rings is 1. The van der Waals surface area contributed by atoms with Crippen LogP contribution in [0.4, 0.5) is 5.69 Å². The number of carbonyl (C=O) groups is 1. The highest BCUT2D eigenvalue weighted by Crippen LogP contribution is 2.26. The number of amides is 1. The fraction of sp³-hybridized carbons (Fsp3) is 0.462. The molecule has 3 N–H and O–H groups in total. The summed E-state index contributed by atoms with van der Waals surface area (Å²) in [7, 11) is 1.51. The number of hydrogen-bond donors (Lipinski definition) is 2. The molecule has 0 radical (unpaired) electrons. The Balaban J connectivity index is 2.28. The first-order chi connectivity index (χ1) is 8.67. The molecule has 18 heavy (non-hydrogen) atoms. The van der Waals surface area contributed by atoms with Gasteiger partial charge in [0.1, 0.15) is 5.75 Å². The van der Waals surface area contributed by atoms with Crippen molar-refractivity contribution < 1.29 is 14.6 Å². The van der Waals surface area contributed by atoms with E-state index in [0.29, 0.717) is 23.5 Å². The van der Waals surface area contributed by atoms with Gasteiger partial charge in [0.2, 0.25) is 0 Å². The van der Waals surface area contributed by atoms with Crippen molar-refractivity contribution in [2.45, 2.75) is 18.9 Å².